The largest absolute Gasteiger partial charge is 0.312 e. The maximum atomic E-state index is 12.3. The first-order valence-electron chi connectivity index (χ1n) is 7.00. The van der Waals surface area contributed by atoms with Crippen LogP contribution >= 0.6 is 0 Å². The molecule has 2 aromatic carbocycles. The molecule has 0 amide bonds. The van der Waals surface area contributed by atoms with E-state index in [0.717, 1.165) is 30.6 Å². The van der Waals surface area contributed by atoms with Gasteiger partial charge >= 0.3 is 0 Å². The van der Waals surface area contributed by atoms with Crippen molar-refractivity contribution in [2.24, 2.45) is 0 Å². The van der Waals surface area contributed by atoms with Gasteiger partial charge < -0.3 is 5.32 Å². The van der Waals surface area contributed by atoms with Crippen LogP contribution in [0.2, 0.25) is 0 Å². The van der Waals surface area contributed by atoms with Gasteiger partial charge in [0.1, 0.15) is 0 Å². The third kappa shape index (κ3) is 3.43. The van der Waals surface area contributed by atoms with E-state index in [2.05, 4.69) is 10.0 Å². The van der Waals surface area contributed by atoms with Gasteiger partial charge in [0.25, 0.3) is 0 Å². The van der Waals surface area contributed by atoms with Crippen molar-refractivity contribution in [3.63, 3.8) is 0 Å². The zero-order valence-corrected chi connectivity index (χ0v) is 12.5. The molecule has 5 heteroatoms. The summed E-state index contributed by atoms with van der Waals surface area (Å²) in [5.74, 6) is -0.00421. The monoisotopic (exact) mass is 302 g/mol. The van der Waals surface area contributed by atoms with Gasteiger partial charge in [-0.3, -0.25) is 4.72 Å². The molecule has 0 fully saturated rings. The highest BCUT2D eigenvalue weighted by molar-refractivity contribution is 7.91. The second-order valence-electron chi connectivity index (χ2n) is 5.22. The average molecular weight is 302 g/mol. The molecular weight excluding hydrogens is 284 g/mol. The molecule has 4 nitrogen and oxygen atoms in total. The number of hydrogen-bond acceptors (Lipinski definition) is 3. The Bertz CT molecular complexity index is 727. The zero-order chi connectivity index (χ0) is 14.7. The molecule has 21 heavy (non-hydrogen) atoms. The number of fused-ring (bicyclic) bond motifs is 1. The summed E-state index contributed by atoms with van der Waals surface area (Å²) in [7, 11) is -3.39. The van der Waals surface area contributed by atoms with Gasteiger partial charge in [0.2, 0.25) is 10.0 Å². The Labute approximate surface area is 125 Å². The topological polar surface area (TPSA) is 58.2 Å². The standard InChI is InChI=1S/C16H18N2O2S/c19-21(20,12-13-5-2-1-3-6-13)18-16-8-4-7-14-11-17-10-9-15(14)16/h1-8,17-18H,9-12H2. The van der Waals surface area contributed by atoms with Gasteiger partial charge in [-0.2, -0.15) is 0 Å². The van der Waals surface area contributed by atoms with Crippen molar-refractivity contribution in [3.8, 4) is 0 Å². The summed E-state index contributed by atoms with van der Waals surface area (Å²) in [6.07, 6.45) is 0.847. The van der Waals surface area contributed by atoms with E-state index in [1.54, 1.807) is 0 Å². The molecule has 1 aliphatic heterocycles. The molecule has 3 rings (SSSR count). The minimum Gasteiger partial charge on any atom is -0.312 e. The quantitative estimate of drug-likeness (QED) is 0.911. The molecule has 0 saturated carbocycles. The highest BCUT2D eigenvalue weighted by atomic mass is 32.2. The van der Waals surface area contributed by atoms with Gasteiger partial charge in [-0.1, -0.05) is 42.5 Å². The first-order chi connectivity index (χ1) is 10.1. The van der Waals surface area contributed by atoms with Gasteiger partial charge in [0.05, 0.1) is 11.4 Å². The average Bonchev–Trinajstić information content (AvgIpc) is 2.48. The van der Waals surface area contributed by atoms with Gasteiger partial charge in [-0.05, 0) is 35.7 Å². The number of rotatable bonds is 4. The van der Waals surface area contributed by atoms with Crippen LogP contribution in [0.3, 0.4) is 0 Å². The molecule has 110 valence electrons. The second kappa shape index (κ2) is 5.87. The fourth-order valence-corrected chi connectivity index (χ4v) is 3.85. The second-order valence-corrected chi connectivity index (χ2v) is 6.94. The lowest BCUT2D eigenvalue weighted by Crippen LogP contribution is -2.25. The highest BCUT2D eigenvalue weighted by Gasteiger charge is 2.17. The molecule has 0 radical (unpaired) electrons. The maximum Gasteiger partial charge on any atom is 0.236 e. The van der Waals surface area contributed by atoms with Crippen molar-refractivity contribution < 1.29 is 8.42 Å². The third-order valence-corrected chi connectivity index (χ3v) is 4.85. The fraction of sp³-hybridized carbons (Fsp3) is 0.250. The van der Waals surface area contributed by atoms with Crippen molar-refractivity contribution in [2.75, 3.05) is 11.3 Å². The van der Waals surface area contributed by atoms with Crippen LogP contribution in [0.5, 0.6) is 0 Å². The molecule has 0 saturated heterocycles. The molecule has 0 aromatic heterocycles. The van der Waals surface area contributed by atoms with Crippen LogP contribution in [-0.4, -0.2) is 15.0 Å². The molecular formula is C16H18N2O2S. The van der Waals surface area contributed by atoms with Crippen LogP contribution in [0.1, 0.15) is 16.7 Å². The van der Waals surface area contributed by atoms with E-state index in [1.807, 2.05) is 48.5 Å². The molecule has 0 atom stereocenters. The highest BCUT2D eigenvalue weighted by Crippen LogP contribution is 2.24. The predicted molar refractivity (Wildman–Crippen MR) is 84.5 cm³/mol. The molecule has 2 aromatic rings. The number of sulfonamides is 1. The van der Waals surface area contributed by atoms with E-state index in [-0.39, 0.29) is 5.75 Å². The number of benzene rings is 2. The van der Waals surface area contributed by atoms with Gasteiger partial charge in [-0.25, -0.2) is 8.42 Å². The van der Waals surface area contributed by atoms with E-state index in [4.69, 9.17) is 0 Å². The zero-order valence-electron chi connectivity index (χ0n) is 11.7. The number of anilines is 1. The Kier molecular flexibility index (Phi) is 3.94. The van der Waals surface area contributed by atoms with E-state index in [1.165, 1.54) is 5.56 Å². The lowest BCUT2D eigenvalue weighted by atomic mass is 9.99. The Morgan fingerprint density at radius 2 is 1.86 bits per heavy atom. The van der Waals surface area contributed by atoms with Gasteiger partial charge in [0.15, 0.2) is 0 Å². The maximum absolute atomic E-state index is 12.3. The van der Waals surface area contributed by atoms with Crippen molar-refractivity contribution in [3.05, 3.63) is 65.2 Å². The van der Waals surface area contributed by atoms with Crippen LogP contribution < -0.4 is 10.0 Å². The molecule has 2 N–H and O–H groups in total. The SMILES string of the molecule is O=S(=O)(Cc1ccccc1)Nc1cccc2c1CCNC2. The van der Waals surface area contributed by atoms with Crippen LogP contribution in [0.4, 0.5) is 5.69 Å². The van der Waals surface area contributed by atoms with Crippen LogP contribution in [0.25, 0.3) is 0 Å². The normalized spacial score (nSPS) is 14.5. The van der Waals surface area contributed by atoms with Gasteiger partial charge in [0, 0.05) is 6.54 Å². The Hall–Kier alpha value is -1.85. The van der Waals surface area contributed by atoms with Crippen molar-refractivity contribution in [2.45, 2.75) is 18.7 Å². The molecule has 0 bridgehead atoms. The lowest BCUT2D eigenvalue weighted by molar-refractivity contribution is 0.600. The summed E-state index contributed by atoms with van der Waals surface area (Å²) in [5, 5.41) is 3.29. The van der Waals surface area contributed by atoms with Crippen LogP contribution in [-0.2, 0) is 28.7 Å². The molecule has 1 heterocycles. The Balaban J connectivity index is 1.83. The summed E-state index contributed by atoms with van der Waals surface area (Å²) in [4.78, 5) is 0. The van der Waals surface area contributed by atoms with Crippen molar-refractivity contribution >= 4 is 15.7 Å². The third-order valence-electron chi connectivity index (χ3n) is 3.61. The van der Waals surface area contributed by atoms with E-state index >= 15 is 0 Å². The Morgan fingerprint density at radius 1 is 1.05 bits per heavy atom. The van der Waals surface area contributed by atoms with Crippen LogP contribution in [0, 0.1) is 0 Å². The van der Waals surface area contributed by atoms with E-state index in [0.29, 0.717) is 5.69 Å². The molecule has 0 spiro atoms. The lowest BCUT2D eigenvalue weighted by Gasteiger charge is -2.21. The van der Waals surface area contributed by atoms with Crippen molar-refractivity contribution in [1.82, 2.24) is 5.32 Å². The van der Waals surface area contributed by atoms with E-state index < -0.39 is 10.0 Å². The van der Waals surface area contributed by atoms with Crippen LogP contribution in [0.15, 0.2) is 48.5 Å². The summed E-state index contributed by atoms with van der Waals surface area (Å²) in [5.41, 5.74) is 3.77. The summed E-state index contributed by atoms with van der Waals surface area (Å²) in [6, 6.07) is 15.0. The molecule has 0 unspecified atom stereocenters. The number of hydrogen-bond donors (Lipinski definition) is 2. The first kappa shape index (κ1) is 14.1. The minimum absolute atomic E-state index is 0.00421. The Morgan fingerprint density at radius 3 is 2.67 bits per heavy atom. The fourth-order valence-electron chi connectivity index (χ4n) is 2.62. The summed E-state index contributed by atoms with van der Waals surface area (Å²) >= 11 is 0. The first-order valence-corrected chi connectivity index (χ1v) is 8.65. The minimum atomic E-state index is -3.39. The smallest absolute Gasteiger partial charge is 0.236 e. The summed E-state index contributed by atoms with van der Waals surface area (Å²) < 4.78 is 27.4. The molecule has 0 aliphatic carbocycles. The molecule has 1 aliphatic rings. The predicted octanol–water partition coefficient (Wildman–Crippen LogP) is 2.27. The van der Waals surface area contributed by atoms with Gasteiger partial charge in [-0.15, -0.1) is 0 Å². The number of nitrogens with one attached hydrogen (secondary N) is 2. The van der Waals surface area contributed by atoms with E-state index in [9.17, 15) is 8.42 Å². The summed E-state index contributed by atoms with van der Waals surface area (Å²) in [6.45, 7) is 1.67. The van der Waals surface area contributed by atoms with Crippen molar-refractivity contribution in [1.29, 1.82) is 0 Å².